The van der Waals surface area contributed by atoms with E-state index >= 15 is 0 Å². The maximum absolute atomic E-state index is 4.76. The number of hydrogen-bond donors (Lipinski definition) is 2. The molecule has 0 spiro atoms. The van der Waals surface area contributed by atoms with Crippen molar-refractivity contribution in [3.8, 4) is 0 Å². The van der Waals surface area contributed by atoms with E-state index in [0.29, 0.717) is 5.92 Å². The Labute approximate surface area is 131 Å². The molecule has 124 valence electrons. The molecule has 0 aromatic rings. The highest BCUT2D eigenvalue weighted by molar-refractivity contribution is 5.79. The second-order valence-corrected chi connectivity index (χ2v) is 6.18. The second-order valence-electron chi connectivity index (χ2n) is 6.18. The summed E-state index contributed by atoms with van der Waals surface area (Å²) in [5, 5.41) is 6.93. The second kappa shape index (κ2) is 10.9. The average molecular weight is 297 g/mol. The normalized spacial score (nSPS) is 20.8. The van der Waals surface area contributed by atoms with Crippen LogP contribution in [0, 0.1) is 11.8 Å². The Morgan fingerprint density at radius 2 is 1.95 bits per heavy atom. The number of guanidine groups is 1. The molecule has 1 aliphatic rings. The van der Waals surface area contributed by atoms with E-state index in [0.717, 1.165) is 31.5 Å². The highest BCUT2D eigenvalue weighted by Crippen LogP contribution is 2.15. The Bertz CT molecular complexity index is 287. The molecule has 1 aliphatic heterocycles. The van der Waals surface area contributed by atoms with Gasteiger partial charge in [-0.05, 0) is 44.7 Å². The molecule has 4 nitrogen and oxygen atoms in total. The molecule has 0 aromatic carbocycles. The predicted molar refractivity (Wildman–Crippen MR) is 92.9 cm³/mol. The fourth-order valence-corrected chi connectivity index (χ4v) is 2.96. The first kappa shape index (κ1) is 18.3. The van der Waals surface area contributed by atoms with Gasteiger partial charge in [0.15, 0.2) is 5.96 Å². The van der Waals surface area contributed by atoms with Gasteiger partial charge in [0.2, 0.25) is 0 Å². The molecule has 21 heavy (non-hydrogen) atoms. The summed E-state index contributed by atoms with van der Waals surface area (Å²) >= 11 is 0. The lowest BCUT2D eigenvalue weighted by atomic mass is 9.98. The van der Waals surface area contributed by atoms with Gasteiger partial charge in [0, 0.05) is 26.2 Å². The fourth-order valence-electron chi connectivity index (χ4n) is 2.96. The van der Waals surface area contributed by atoms with Crippen molar-refractivity contribution in [1.29, 1.82) is 0 Å². The molecule has 0 amide bonds. The van der Waals surface area contributed by atoms with Crippen molar-refractivity contribution in [3.63, 3.8) is 0 Å². The predicted octanol–water partition coefficient (Wildman–Crippen LogP) is 2.71. The molecular formula is C17H36N4. The quantitative estimate of drug-likeness (QED) is 0.534. The Balaban J connectivity index is 2.40. The Morgan fingerprint density at radius 3 is 2.57 bits per heavy atom. The van der Waals surface area contributed by atoms with E-state index in [1.807, 2.05) is 0 Å². The molecule has 0 saturated carbocycles. The third-order valence-corrected chi connectivity index (χ3v) is 4.62. The minimum atomic E-state index is 0.714. The zero-order valence-electron chi connectivity index (χ0n) is 14.6. The first-order chi connectivity index (χ1) is 10.2. The van der Waals surface area contributed by atoms with E-state index < -0.39 is 0 Å². The van der Waals surface area contributed by atoms with Gasteiger partial charge in [0.1, 0.15) is 0 Å². The Morgan fingerprint density at radius 1 is 1.19 bits per heavy atom. The Kier molecular flexibility index (Phi) is 9.48. The van der Waals surface area contributed by atoms with Crippen molar-refractivity contribution >= 4 is 5.96 Å². The van der Waals surface area contributed by atoms with Gasteiger partial charge in [-0.3, -0.25) is 4.99 Å². The van der Waals surface area contributed by atoms with Crippen LogP contribution in [-0.4, -0.2) is 50.1 Å². The number of nitrogens with one attached hydrogen (secondary N) is 2. The third kappa shape index (κ3) is 7.16. The number of piperidine rings is 1. The smallest absolute Gasteiger partial charge is 0.191 e. The fraction of sp³-hybridized carbons (Fsp3) is 0.941. The standard InChI is InChI=1S/C17H36N4/c1-5-15(6-2)12-19-17(18-7-3)20-13-16-10-9-11-21(8-4)14-16/h15-16H,5-14H2,1-4H3,(H2,18,19,20). The van der Waals surface area contributed by atoms with Crippen molar-refractivity contribution in [2.24, 2.45) is 16.8 Å². The summed E-state index contributed by atoms with van der Waals surface area (Å²) in [4.78, 5) is 7.32. The summed E-state index contributed by atoms with van der Waals surface area (Å²) in [6.45, 7) is 15.5. The molecule has 0 aliphatic carbocycles. The lowest BCUT2D eigenvalue weighted by Crippen LogP contribution is -2.44. The van der Waals surface area contributed by atoms with Crippen molar-refractivity contribution in [2.75, 3.05) is 39.3 Å². The minimum absolute atomic E-state index is 0.714. The first-order valence-corrected chi connectivity index (χ1v) is 8.97. The van der Waals surface area contributed by atoms with E-state index in [4.69, 9.17) is 4.99 Å². The molecule has 4 heteroatoms. The molecular weight excluding hydrogens is 260 g/mol. The average Bonchev–Trinajstić information content (AvgIpc) is 2.53. The molecule has 1 atom stereocenters. The SMILES string of the molecule is CCNC(=NCC(CC)CC)NCC1CCCN(CC)C1. The number of likely N-dealkylation sites (tertiary alicyclic amines) is 1. The van der Waals surface area contributed by atoms with E-state index in [2.05, 4.69) is 43.2 Å². The molecule has 1 unspecified atom stereocenters. The summed E-state index contributed by atoms with van der Waals surface area (Å²) in [6.07, 6.45) is 5.11. The van der Waals surface area contributed by atoms with Gasteiger partial charge in [-0.15, -0.1) is 0 Å². The van der Waals surface area contributed by atoms with Crippen LogP contribution < -0.4 is 10.6 Å². The summed E-state index contributed by atoms with van der Waals surface area (Å²) < 4.78 is 0. The Hall–Kier alpha value is -0.770. The van der Waals surface area contributed by atoms with Crippen LogP contribution in [0.3, 0.4) is 0 Å². The van der Waals surface area contributed by atoms with Gasteiger partial charge in [0.05, 0.1) is 0 Å². The van der Waals surface area contributed by atoms with Crippen molar-refractivity contribution in [1.82, 2.24) is 15.5 Å². The van der Waals surface area contributed by atoms with Crippen LogP contribution in [0.2, 0.25) is 0 Å². The lowest BCUT2D eigenvalue weighted by molar-refractivity contribution is 0.183. The van der Waals surface area contributed by atoms with Crippen molar-refractivity contribution < 1.29 is 0 Å². The largest absolute Gasteiger partial charge is 0.357 e. The molecule has 0 aromatic heterocycles. The van der Waals surface area contributed by atoms with Crippen LogP contribution in [0.25, 0.3) is 0 Å². The molecule has 1 saturated heterocycles. The topological polar surface area (TPSA) is 39.7 Å². The summed E-state index contributed by atoms with van der Waals surface area (Å²) in [7, 11) is 0. The summed E-state index contributed by atoms with van der Waals surface area (Å²) in [5.41, 5.74) is 0. The number of rotatable bonds is 8. The zero-order valence-corrected chi connectivity index (χ0v) is 14.6. The van der Waals surface area contributed by atoms with Crippen LogP contribution in [0.15, 0.2) is 4.99 Å². The van der Waals surface area contributed by atoms with Crippen LogP contribution in [-0.2, 0) is 0 Å². The van der Waals surface area contributed by atoms with E-state index in [1.54, 1.807) is 0 Å². The molecule has 2 N–H and O–H groups in total. The van der Waals surface area contributed by atoms with E-state index in [9.17, 15) is 0 Å². The van der Waals surface area contributed by atoms with Gasteiger partial charge in [-0.25, -0.2) is 0 Å². The van der Waals surface area contributed by atoms with Gasteiger partial charge in [0.25, 0.3) is 0 Å². The molecule has 1 fully saturated rings. The number of aliphatic imine (C=N–C) groups is 1. The molecule has 1 heterocycles. The summed E-state index contributed by atoms with van der Waals surface area (Å²) in [5.74, 6) is 2.47. The monoisotopic (exact) mass is 296 g/mol. The zero-order chi connectivity index (χ0) is 15.5. The first-order valence-electron chi connectivity index (χ1n) is 8.97. The number of nitrogens with zero attached hydrogens (tertiary/aromatic N) is 2. The van der Waals surface area contributed by atoms with Crippen LogP contribution in [0.5, 0.6) is 0 Å². The summed E-state index contributed by atoms with van der Waals surface area (Å²) in [6, 6.07) is 0. The van der Waals surface area contributed by atoms with Gasteiger partial charge >= 0.3 is 0 Å². The van der Waals surface area contributed by atoms with Crippen LogP contribution in [0.1, 0.15) is 53.4 Å². The molecule has 0 radical (unpaired) electrons. The van der Waals surface area contributed by atoms with Gasteiger partial charge in [-0.1, -0.05) is 33.6 Å². The van der Waals surface area contributed by atoms with Crippen molar-refractivity contribution in [2.45, 2.75) is 53.4 Å². The maximum Gasteiger partial charge on any atom is 0.191 e. The third-order valence-electron chi connectivity index (χ3n) is 4.62. The van der Waals surface area contributed by atoms with Crippen molar-refractivity contribution in [3.05, 3.63) is 0 Å². The molecule has 1 rings (SSSR count). The number of hydrogen-bond acceptors (Lipinski definition) is 2. The lowest BCUT2D eigenvalue weighted by Gasteiger charge is -2.32. The van der Waals surface area contributed by atoms with E-state index in [-0.39, 0.29) is 0 Å². The van der Waals surface area contributed by atoms with Gasteiger partial charge in [-0.2, -0.15) is 0 Å². The minimum Gasteiger partial charge on any atom is -0.357 e. The highest BCUT2D eigenvalue weighted by Gasteiger charge is 2.18. The molecule has 0 bridgehead atoms. The van der Waals surface area contributed by atoms with E-state index in [1.165, 1.54) is 45.3 Å². The van der Waals surface area contributed by atoms with Crippen LogP contribution in [0.4, 0.5) is 0 Å². The van der Waals surface area contributed by atoms with Gasteiger partial charge < -0.3 is 15.5 Å². The highest BCUT2D eigenvalue weighted by atomic mass is 15.2. The van der Waals surface area contributed by atoms with Crippen LogP contribution >= 0.6 is 0 Å². The maximum atomic E-state index is 4.76.